The van der Waals surface area contributed by atoms with Crippen molar-refractivity contribution in [1.82, 2.24) is 4.37 Å². The molecule has 0 bridgehead atoms. The zero-order chi connectivity index (χ0) is 7.68. The Labute approximate surface area is 85.9 Å². The number of hydrogen-bond donors (Lipinski definition) is 0. The van der Waals surface area contributed by atoms with Crippen LogP contribution in [0.4, 0.5) is 0 Å². The van der Waals surface area contributed by atoms with Gasteiger partial charge in [0.1, 0.15) is 5.69 Å². The van der Waals surface area contributed by atoms with Gasteiger partial charge in [-0.15, -0.1) is 0 Å². The van der Waals surface area contributed by atoms with E-state index in [4.69, 9.17) is 0 Å². The predicted molar refractivity (Wildman–Crippen MR) is 52.2 cm³/mol. The number of nitrogens with zero attached hydrogens (tertiary/aromatic N) is 1. The van der Waals surface area contributed by atoms with Gasteiger partial charge in [0.05, 0.1) is 4.70 Å². The third-order valence-corrected chi connectivity index (χ3v) is 2.36. The fraction of sp³-hybridized carbons (Fsp3) is 0. The Morgan fingerprint density at radius 2 is 2.08 bits per heavy atom. The summed E-state index contributed by atoms with van der Waals surface area (Å²) in [5, 5.41) is 0.951. The second-order valence-electron chi connectivity index (χ2n) is 2.18. The third-order valence-electron chi connectivity index (χ3n) is 1.52. The summed E-state index contributed by atoms with van der Waals surface area (Å²) in [7, 11) is 0. The van der Waals surface area contributed by atoms with E-state index in [1.54, 1.807) is 0 Å². The van der Waals surface area contributed by atoms with Gasteiger partial charge < -0.3 is 0 Å². The van der Waals surface area contributed by atoms with Gasteiger partial charge in [0.25, 0.3) is 0 Å². The van der Waals surface area contributed by atoms with Crippen LogP contribution in [0.5, 0.6) is 0 Å². The van der Waals surface area contributed by atoms with Crippen molar-refractivity contribution in [2.24, 2.45) is 0 Å². The first-order valence-corrected chi connectivity index (χ1v) is 3.99. The Morgan fingerprint density at radius 1 is 1.33 bits per heavy atom. The molecule has 0 spiro atoms. The molecular formula is C8H6LiNOS. The van der Waals surface area contributed by atoms with Crippen LogP contribution in [-0.2, 0) is 0 Å². The van der Waals surface area contributed by atoms with Crippen molar-refractivity contribution in [3.05, 3.63) is 30.0 Å². The van der Waals surface area contributed by atoms with Crippen molar-refractivity contribution >= 4 is 46.8 Å². The van der Waals surface area contributed by atoms with Crippen molar-refractivity contribution in [2.75, 3.05) is 0 Å². The van der Waals surface area contributed by atoms with Crippen LogP contribution >= 0.6 is 11.5 Å². The van der Waals surface area contributed by atoms with Gasteiger partial charge in [-0.05, 0) is 17.6 Å². The van der Waals surface area contributed by atoms with Gasteiger partial charge in [0.15, 0.2) is 6.29 Å². The molecule has 2 aromatic rings. The van der Waals surface area contributed by atoms with Gasteiger partial charge in [0.2, 0.25) is 0 Å². The molecule has 0 aliphatic rings. The minimum absolute atomic E-state index is 0. The molecule has 0 fully saturated rings. The summed E-state index contributed by atoms with van der Waals surface area (Å²) >= 11 is 1.36. The monoisotopic (exact) mass is 171 g/mol. The Bertz CT molecular complexity index is 399. The van der Waals surface area contributed by atoms with Gasteiger partial charge in [-0.1, -0.05) is 18.2 Å². The molecule has 1 aromatic carbocycles. The number of rotatable bonds is 1. The average Bonchev–Trinajstić information content (AvgIpc) is 2.47. The van der Waals surface area contributed by atoms with E-state index in [0.717, 1.165) is 16.4 Å². The summed E-state index contributed by atoms with van der Waals surface area (Å²) < 4.78 is 5.05. The number of carbonyl (C=O) groups is 1. The van der Waals surface area contributed by atoms with Crippen molar-refractivity contribution in [3.8, 4) is 0 Å². The van der Waals surface area contributed by atoms with Crippen LogP contribution in [0.2, 0.25) is 0 Å². The maximum absolute atomic E-state index is 10.4. The third kappa shape index (κ3) is 1.44. The van der Waals surface area contributed by atoms with E-state index in [2.05, 4.69) is 4.37 Å². The van der Waals surface area contributed by atoms with Crippen molar-refractivity contribution < 1.29 is 4.79 Å². The first-order chi connectivity index (χ1) is 5.42. The number of fused-ring (bicyclic) bond motifs is 1. The first kappa shape index (κ1) is 9.47. The Balaban J connectivity index is 0.000000720. The molecule has 56 valence electrons. The van der Waals surface area contributed by atoms with Crippen LogP contribution in [0.15, 0.2) is 24.3 Å². The van der Waals surface area contributed by atoms with Crippen LogP contribution in [0.25, 0.3) is 10.1 Å². The molecule has 0 unspecified atom stereocenters. The summed E-state index contributed by atoms with van der Waals surface area (Å²) in [6.07, 6.45) is 0.791. The number of hydrogen-bond acceptors (Lipinski definition) is 3. The summed E-state index contributed by atoms with van der Waals surface area (Å²) in [5.41, 5.74) is 0.547. The Hall–Kier alpha value is -0.623. The van der Waals surface area contributed by atoms with Gasteiger partial charge in [-0.2, -0.15) is 4.37 Å². The number of benzene rings is 1. The summed E-state index contributed by atoms with van der Waals surface area (Å²) in [6.45, 7) is 0. The predicted octanol–water partition coefficient (Wildman–Crippen LogP) is 1.46. The van der Waals surface area contributed by atoms with Gasteiger partial charge in [-0.3, -0.25) is 4.79 Å². The van der Waals surface area contributed by atoms with Crippen molar-refractivity contribution in [2.45, 2.75) is 0 Å². The average molecular weight is 171 g/mol. The van der Waals surface area contributed by atoms with E-state index in [-0.39, 0.29) is 18.9 Å². The number of aromatic nitrogens is 1. The fourth-order valence-corrected chi connectivity index (χ4v) is 1.74. The molecule has 0 radical (unpaired) electrons. The van der Waals surface area contributed by atoms with E-state index in [1.807, 2.05) is 24.3 Å². The second kappa shape index (κ2) is 3.86. The standard InChI is InChI=1S/C8H5NOS.Li.H/c10-5-7-6-3-1-2-4-8(6)11-9-7;;/h1-5H;;. The normalized spacial score (nSPS) is 9.33. The summed E-state index contributed by atoms with van der Waals surface area (Å²) in [4.78, 5) is 10.4. The summed E-state index contributed by atoms with van der Waals surface area (Å²) in [5.74, 6) is 0. The molecule has 2 nitrogen and oxygen atoms in total. The molecular weight excluding hydrogens is 165 g/mol. The molecule has 1 aromatic heterocycles. The zero-order valence-corrected chi connectivity index (χ0v) is 6.47. The van der Waals surface area contributed by atoms with Crippen LogP contribution in [-0.4, -0.2) is 29.5 Å². The van der Waals surface area contributed by atoms with E-state index >= 15 is 0 Å². The quantitative estimate of drug-likeness (QED) is 0.480. The molecule has 0 atom stereocenters. The maximum atomic E-state index is 10.4. The van der Waals surface area contributed by atoms with E-state index in [0.29, 0.717) is 5.69 Å². The zero-order valence-electron chi connectivity index (χ0n) is 5.65. The van der Waals surface area contributed by atoms with Crippen molar-refractivity contribution in [1.29, 1.82) is 0 Å². The molecule has 0 N–H and O–H groups in total. The van der Waals surface area contributed by atoms with Crippen LogP contribution < -0.4 is 0 Å². The first-order valence-electron chi connectivity index (χ1n) is 3.21. The van der Waals surface area contributed by atoms with Gasteiger partial charge >= 0.3 is 18.9 Å². The van der Waals surface area contributed by atoms with E-state index in [1.165, 1.54) is 11.5 Å². The van der Waals surface area contributed by atoms with E-state index < -0.39 is 0 Å². The van der Waals surface area contributed by atoms with Gasteiger partial charge in [-0.25, -0.2) is 0 Å². The molecule has 4 heteroatoms. The topological polar surface area (TPSA) is 30.0 Å². The molecule has 0 saturated carbocycles. The van der Waals surface area contributed by atoms with Crippen LogP contribution in [0.3, 0.4) is 0 Å². The minimum atomic E-state index is 0. The molecule has 2 rings (SSSR count). The van der Waals surface area contributed by atoms with Crippen molar-refractivity contribution in [3.63, 3.8) is 0 Å². The van der Waals surface area contributed by atoms with E-state index in [9.17, 15) is 4.79 Å². The summed E-state index contributed by atoms with van der Waals surface area (Å²) in [6, 6.07) is 7.71. The van der Waals surface area contributed by atoms with Crippen LogP contribution in [0.1, 0.15) is 10.5 Å². The fourth-order valence-electron chi connectivity index (χ4n) is 0.990. The second-order valence-corrected chi connectivity index (χ2v) is 2.99. The molecule has 0 aliphatic carbocycles. The molecule has 12 heavy (non-hydrogen) atoms. The van der Waals surface area contributed by atoms with Gasteiger partial charge in [0, 0.05) is 5.39 Å². The SMILES string of the molecule is O=Cc1nsc2ccccc12.[LiH]. The van der Waals surface area contributed by atoms with Crippen LogP contribution in [0, 0.1) is 0 Å². The molecule has 0 aliphatic heterocycles. The number of carbonyl (C=O) groups excluding carboxylic acids is 1. The molecule has 1 heterocycles. The molecule has 0 saturated heterocycles. The number of aldehydes is 1. The Morgan fingerprint density at radius 3 is 2.83 bits per heavy atom. The molecule has 0 amide bonds. The Kier molecular flexibility index (Phi) is 3.04.